The quantitative estimate of drug-likeness (QED) is 0.804. The van der Waals surface area contributed by atoms with E-state index in [1.54, 1.807) is 18.2 Å². The van der Waals surface area contributed by atoms with Gasteiger partial charge in [-0.05, 0) is 17.2 Å². The molecular weight excluding hydrogens is 206 g/mol. The number of nitrogens with one attached hydrogen (secondary N) is 1. The lowest BCUT2D eigenvalue weighted by Crippen LogP contribution is -2.12. The normalized spacial score (nSPS) is 13.9. The average molecular weight is 217 g/mol. The van der Waals surface area contributed by atoms with Crippen LogP contribution in [0.15, 0.2) is 24.3 Å². The second-order valence-corrected chi connectivity index (χ2v) is 3.60. The summed E-state index contributed by atoms with van der Waals surface area (Å²) in [6.45, 7) is 0.577. The van der Waals surface area contributed by atoms with Crippen LogP contribution in [0.2, 0.25) is 0 Å². The fourth-order valence-electron chi connectivity index (χ4n) is 1.63. The molecule has 4 heteroatoms. The number of benzene rings is 1. The van der Waals surface area contributed by atoms with E-state index in [9.17, 15) is 9.59 Å². The Kier molecular flexibility index (Phi) is 2.72. The average Bonchev–Trinajstić information content (AvgIpc) is 2.60. The van der Waals surface area contributed by atoms with Crippen LogP contribution in [0, 0.1) is 0 Å². The molecule has 0 fully saturated rings. The number of rotatable bonds is 3. The third-order valence-corrected chi connectivity index (χ3v) is 2.42. The Hall–Kier alpha value is -2.10. The van der Waals surface area contributed by atoms with Gasteiger partial charge in [-0.3, -0.25) is 9.59 Å². The molecule has 0 aromatic heterocycles. The molecule has 0 bridgehead atoms. The fraction of sp³-hybridized carbons (Fsp3) is 0.167. The Morgan fingerprint density at radius 2 is 2.31 bits per heavy atom. The van der Waals surface area contributed by atoms with Crippen LogP contribution in [0.3, 0.4) is 0 Å². The Morgan fingerprint density at radius 1 is 1.50 bits per heavy atom. The molecule has 2 N–H and O–H groups in total. The Labute approximate surface area is 92.6 Å². The second kappa shape index (κ2) is 4.18. The van der Waals surface area contributed by atoms with Crippen molar-refractivity contribution >= 4 is 18.0 Å². The van der Waals surface area contributed by atoms with Crippen molar-refractivity contribution in [3.8, 4) is 0 Å². The van der Waals surface area contributed by atoms with Crippen LogP contribution in [-0.2, 0) is 11.3 Å². The molecule has 0 spiro atoms. The summed E-state index contributed by atoms with van der Waals surface area (Å²) in [5.74, 6) is -0.932. The number of aliphatic carboxylic acids is 1. The van der Waals surface area contributed by atoms with Gasteiger partial charge in [0, 0.05) is 12.1 Å². The molecule has 1 aliphatic rings. The van der Waals surface area contributed by atoms with Crippen molar-refractivity contribution in [3.63, 3.8) is 0 Å². The minimum absolute atomic E-state index is 0.0106. The molecule has 1 aliphatic heterocycles. The van der Waals surface area contributed by atoms with E-state index in [1.165, 1.54) is 0 Å². The third kappa shape index (κ3) is 2.11. The molecule has 0 atom stereocenters. The van der Waals surface area contributed by atoms with E-state index in [4.69, 9.17) is 5.11 Å². The first-order chi connectivity index (χ1) is 7.66. The summed E-state index contributed by atoms with van der Waals surface area (Å²) in [5, 5.41) is 11.2. The maximum atomic E-state index is 11.4. The predicted molar refractivity (Wildman–Crippen MR) is 58.9 cm³/mol. The number of fused-ring (bicyclic) bond motifs is 1. The maximum absolute atomic E-state index is 11.4. The Morgan fingerprint density at radius 3 is 3.06 bits per heavy atom. The third-order valence-electron chi connectivity index (χ3n) is 2.42. The molecule has 1 aromatic carbocycles. The van der Waals surface area contributed by atoms with E-state index in [0.717, 1.165) is 11.1 Å². The second-order valence-electron chi connectivity index (χ2n) is 3.60. The van der Waals surface area contributed by atoms with Gasteiger partial charge in [-0.15, -0.1) is 0 Å². The van der Waals surface area contributed by atoms with Gasteiger partial charge in [-0.2, -0.15) is 0 Å². The van der Waals surface area contributed by atoms with Gasteiger partial charge in [-0.1, -0.05) is 24.3 Å². The zero-order chi connectivity index (χ0) is 11.5. The highest BCUT2D eigenvalue weighted by Crippen LogP contribution is 2.17. The van der Waals surface area contributed by atoms with Gasteiger partial charge in [0.05, 0.1) is 6.42 Å². The fourth-order valence-corrected chi connectivity index (χ4v) is 1.63. The summed E-state index contributed by atoms with van der Waals surface area (Å²) in [7, 11) is 0. The smallest absolute Gasteiger partial charge is 0.307 e. The molecule has 2 rings (SSSR count). The molecule has 16 heavy (non-hydrogen) atoms. The summed E-state index contributed by atoms with van der Waals surface area (Å²) >= 11 is 0. The van der Waals surface area contributed by atoms with Crippen molar-refractivity contribution in [2.24, 2.45) is 0 Å². The van der Waals surface area contributed by atoms with E-state index in [0.29, 0.717) is 12.1 Å². The lowest BCUT2D eigenvalue weighted by molar-refractivity contribution is -0.135. The van der Waals surface area contributed by atoms with E-state index in [2.05, 4.69) is 5.32 Å². The highest BCUT2D eigenvalue weighted by Gasteiger charge is 2.17. The molecule has 0 saturated heterocycles. The first-order valence-corrected chi connectivity index (χ1v) is 4.96. The van der Waals surface area contributed by atoms with Crippen molar-refractivity contribution < 1.29 is 14.7 Å². The van der Waals surface area contributed by atoms with Gasteiger partial charge in [0.2, 0.25) is 0 Å². The van der Waals surface area contributed by atoms with Crippen molar-refractivity contribution in [2.45, 2.75) is 13.0 Å². The van der Waals surface area contributed by atoms with Crippen LogP contribution in [0.4, 0.5) is 0 Å². The number of amides is 1. The maximum Gasteiger partial charge on any atom is 0.307 e. The van der Waals surface area contributed by atoms with Crippen molar-refractivity contribution in [1.82, 2.24) is 5.32 Å². The summed E-state index contributed by atoms with van der Waals surface area (Å²) < 4.78 is 0. The van der Waals surface area contributed by atoms with Crippen LogP contribution in [-0.4, -0.2) is 17.0 Å². The molecule has 1 amide bonds. The minimum atomic E-state index is -0.866. The molecule has 0 radical (unpaired) electrons. The molecule has 0 saturated carbocycles. The molecule has 0 unspecified atom stereocenters. The lowest BCUT2D eigenvalue weighted by Gasteiger charge is -1.97. The van der Waals surface area contributed by atoms with Gasteiger partial charge in [0.15, 0.2) is 0 Å². The van der Waals surface area contributed by atoms with Gasteiger partial charge in [-0.25, -0.2) is 0 Å². The zero-order valence-electron chi connectivity index (χ0n) is 8.56. The van der Waals surface area contributed by atoms with Gasteiger partial charge in [0.25, 0.3) is 5.91 Å². The lowest BCUT2D eigenvalue weighted by atomic mass is 10.1. The van der Waals surface area contributed by atoms with E-state index < -0.39 is 5.97 Å². The highest BCUT2D eigenvalue weighted by atomic mass is 16.4. The Bertz CT molecular complexity index is 477. The molecule has 82 valence electrons. The SMILES string of the molecule is O=C(O)CC=Cc1ccc2c(c1)C(=O)NC2. The van der Waals surface area contributed by atoms with E-state index in [1.807, 2.05) is 12.1 Å². The largest absolute Gasteiger partial charge is 0.481 e. The minimum Gasteiger partial charge on any atom is -0.481 e. The number of carboxylic acids is 1. The standard InChI is InChI=1S/C12H11NO3/c14-11(15)3-1-2-8-4-5-9-7-13-12(16)10(9)6-8/h1-2,4-6H,3,7H2,(H,13,16)(H,14,15). The number of carbonyl (C=O) groups excluding carboxylic acids is 1. The topological polar surface area (TPSA) is 66.4 Å². The number of carbonyl (C=O) groups is 2. The Balaban J connectivity index is 2.18. The highest BCUT2D eigenvalue weighted by molar-refractivity contribution is 5.98. The van der Waals surface area contributed by atoms with Crippen LogP contribution < -0.4 is 5.32 Å². The first kappa shape index (κ1) is 10.4. The number of hydrogen-bond donors (Lipinski definition) is 2. The van der Waals surface area contributed by atoms with Crippen LogP contribution >= 0.6 is 0 Å². The van der Waals surface area contributed by atoms with Gasteiger partial charge >= 0.3 is 5.97 Å². The molecule has 1 heterocycles. The van der Waals surface area contributed by atoms with E-state index >= 15 is 0 Å². The van der Waals surface area contributed by atoms with Gasteiger partial charge in [0.1, 0.15) is 0 Å². The first-order valence-electron chi connectivity index (χ1n) is 4.96. The van der Waals surface area contributed by atoms with Crippen molar-refractivity contribution in [3.05, 3.63) is 41.0 Å². The zero-order valence-corrected chi connectivity index (χ0v) is 8.56. The summed E-state index contributed by atoms with van der Waals surface area (Å²) in [5.41, 5.74) is 2.51. The van der Waals surface area contributed by atoms with Crippen LogP contribution in [0.1, 0.15) is 27.9 Å². The summed E-state index contributed by atoms with van der Waals surface area (Å²) in [6, 6.07) is 5.53. The van der Waals surface area contributed by atoms with Crippen molar-refractivity contribution in [2.75, 3.05) is 0 Å². The molecule has 4 nitrogen and oxygen atoms in total. The summed E-state index contributed by atoms with van der Waals surface area (Å²) in [6.07, 6.45) is 3.26. The molecule has 1 aromatic rings. The van der Waals surface area contributed by atoms with E-state index in [-0.39, 0.29) is 12.3 Å². The number of hydrogen-bond acceptors (Lipinski definition) is 2. The van der Waals surface area contributed by atoms with Crippen molar-refractivity contribution in [1.29, 1.82) is 0 Å². The number of carboxylic acid groups (broad SMARTS) is 1. The van der Waals surface area contributed by atoms with Crippen LogP contribution in [0.5, 0.6) is 0 Å². The van der Waals surface area contributed by atoms with Crippen LogP contribution in [0.25, 0.3) is 6.08 Å². The summed E-state index contributed by atoms with van der Waals surface area (Å²) in [4.78, 5) is 21.7. The van der Waals surface area contributed by atoms with Gasteiger partial charge < -0.3 is 10.4 Å². The monoisotopic (exact) mass is 217 g/mol. The molecule has 0 aliphatic carbocycles. The predicted octanol–water partition coefficient (Wildman–Crippen LogP) is 1.42. The molecular formula is C12H11NO3.